The summed E-state index contributed by atoms with van der Waals surface area (Å²) in [7, 11) is 0. The van der Waals surface area contributed by atoms with Gasteiger partial charge >= 0.3 is 6.18 Å². The Labute approximate surface area is 143 Å². The van der Waals surface area contributed by atoms with Gasteiger partial charge in [0.15, 0.2) is 5.69 Å². The van der Waals surface area contributed by atoms with Crippen LogP contribution in [-0.2, 0) is 17.5 Å². The second-order valence-corrected chi connectivity index (χ2v) is 6.06. The fourth-order valence-corrected chi connectivity index (χ4v) is 2.61. The molecule has 0 fully saturated rings. The minimum Gasteiger partial charge on any atom is -0.324 e. The van der Waals surface area contributed by atoms with Crippen molar-refractivity contribution in [1.29, 1.82) is 0 Å². The number of amides is 1. The summed E-state index contributed by atoms with van der Waals surface area (Å²) < 4.78 is 39.2. The van der Waals surface area contributed by atoms with Gasteiger partial charge in [0.2, 0.25) is 5.91 Å². The van der Waals surface area contributed by atoms with Gasteiger partial charge in [-0.25, -0.2) is 0 Å². The van der Waals surface area contributed by atoms with Crippen molar-refractivity contribution in [3.8, 4) is 0 Å². The minimum atomic E-state index is -4.59. The van der Waals surface area contributed by atoms with Crippen LogP contribution in [0.25, 0.3) is 0 Å². The number of carbonyl (C=O) groups is 1. The molecule has 0 aliphatic carbocycles. The smallest absolute Gasteiger partial charge is 0.324 e. The van der Waals surface area contributed by atoms with Crippen LogP contribution in [0.5, 0.6) is 0 Å². The topological polar surface area (TPSA) is 46.9 Å². The van der Waals surface area contributed by atoms with E-state index >= 15 is 0 Å². The highest BCUT2D eigenvalue weighted by Gasteiger charge is 2.38. The van der Waals surface area contributed by atoms with E-state index in [4.69, 9.17) is 11.6 Å². The second-order valence-electron chi connectivity index (χ2n) is 4.86. The summed E-state index contributed by atoms with van der Waals surface area (Å²) in [5, 5.41) is 6.56. The second kappa shape index (κ2) is 6.52. The molecule has 1 heterocycles. The highest BCUT2D eigenvalue weighted by molar-refractivity contribution is 9.10. The van der Waals surface area contributed by atoms with Crippen molar-refractivity contribution in [1.82, 2.24) is 9.78 Å². The normalized spacial score (nSPS) is 11.6. The maximum Gasteiger partial charge on any atom is 0.436 e. The van der Waals surface area contributed by atoms with E-state index in [0.29, 0.717) is 16.3 Å². The van der Waals surface area contributed by atoms with Crippen LogP contribution < -0.4 is 5.32 Å². The fourth-order valence-electron chi connectivity index (χ4n) is 1.93. The number of rotatable bonds is 3. The van der Waals surface area contributed by atoms with Crippen molar-refractivity contribution in [3.63, 3.8) is 0 Å². The number of halogens is 5. The zero-order valence-corrected chi connectivity index (χ0v) is 14.5. The first-order valence-corrected chi connectivity index (χ1v) is 7.63. The maximum absolute atomic E-state index is 12.8. The number of alkyl halides is 3. The Hall–Kier alpha value is -1.54. The Morgan fingerprint density at radius 1 is 1.39 bits per heavy atom. The summed E-state index contributed by atoms with van der Waals surface area (Å²) in [5.74, 6) is -0.498. The third kappa shape index (κ3) is 3.87. The van der Waals surface area contributed by atoms with Crippen LogP contribution in [0.1, 0.15) is 17.0 Å². The van der Waals surface area contributed by atoms with E-state index in [1.54, 1.807) is 25.1 Å². The minimum absolute atomic E-state index is 0.170. The molecule has 2 aromatic rings. The molecule has 23 heavy (non-hydrogen) atoms. The predicted octanol–water partition coefficient (Wildman–Crippen LogP) is 4.57. The van der Waals surface area contributed by atoms with Crippen LogP contribution in [0, 0.1) is 13.8 Å². The number of aromatic nitrogens is 2. The first-order valence-electron chi connectivity index (χ1n) is 6.46. The summed E-state index contributed by atoms with van der Waals surface area (Å²) in [6.07, 6.45) is -4.59. The largest absolute Gasteiger partial charge is 0.436 e. The van der Waals surface area contributed by atoms with E-state index < -0.39 is 17.8 Å². The Balaban J connectivity index is 2.20. The third-order valence-corrected chi connectivity index (χ3v) is 4.60. The van der Waals surface area contributed by atoms with Gasteiger partial charge < -0.3 is 5.32 Å². The molecule has 2 rings (SSSR count). The van der Waals surface area contributed by atoms with Crippen LogP contribution in [0.15, 0.2) is 22.7 Å². The number of anilines is 1. The van der Waals surface area contributed by atoms with Crippen molar-refractivity contribution >= 4 is 39.1 Å². The van der Waals surface area contributed by atoms with E-state index in [9.17, 15) is 18.0 Å². The predicted molar refractivity (Wildman–Crippen MR) is 84.5 cm³/mol. The molecule has 0 saturated carbocycles. The molecule has 0 radical (unpaired) electrons. The standard InChI is InChI=1S/C14H12BrClF3N3O/c1-7-9(16)4-3-5-10(7)20-11(23)6-22-8(2)12(15)13(21-22)14(17,18)19/h3-5H,6H2,1-2H3,(H,20,23). The molecule has 9 heteroatoms. The van der Waals surface area contributed by atoms with Gasteiger partial charge in [-0.3, -0.25) is 9.48 Å². The van der Waals surface area contributed by atoms with Gasteiger partial charge in [-0.05, 0) is 47.5 Å². The summed E-state index contributed by atoms with van der Waals surface area (Å²) in [6, 6.07) is 5.01. The molecule has 1 amide bonds. The molecule has 0 aliphatic heterocycles. The van der Waals surface area contributed by atoms with Crippen LogP contribution >= 0.6 is 27.5 Å². The molecule has 0 unspecified atom stereocenters. The Kier molecular flexibility index (Phi) is 5.05. The number of nitrogens with zero attached hydrogens (tertiary/aromatic N) is 2. The van der Waals surface area contributed by atoms with Crippen LogP contribution in [-0.4, -0.2) is 15.7 Å². The van der Waals surface area contributed by atoms with Crippen molar-refractivity contribution in [2.45, 2.75) is 26.6 Å². The van der Waals surface area contributed by atoms with Gasteiger partial charge in [0, 0.05) is 10.7 Å². The molecule has 1 aromatic carbocycles. The highest BCUT2D eigenvalue weighted by atomic mass is 79.9. The molecule has 0 aliphatic rings. The molecule has 0 bridgehead atoms. The van der Waals surface area contributed by atoms with Crippen molar-refractivity contribution in [2.24, 2.45) is 0 Å². The van der Waals surface area contributed by atoms with Crippen LogP contribution in [0.2, 0.25) is 5.02 Å². The zero-order chi connectivity index (χ0) is 17.4. The third-order valence-electron chi connectivity index (χ3n) is 3.24. The van der Waals surface area contributed by atoms with Crippen molar-refractivity contribution in [3.05, 3.63) is 44.6 Å². The van der Waals surface area contributed by atoms with E-state index in [0.717, 1.165) is 4.68 Å². The van der Waals surface area contributed by atoms with Gasteiger partial charge in [-0.1, -0.05) is 17.7 Å². The maximum atomic E-state index is 12.8. The molecular weight excluding hydrogens is 399 g/mol. The highest BCUT2D eigenvalue weighted by Crippen LogP contribution is 2.35. The number of hydrogen-bond acceptors (Lipinski definition) is 2. The number of hydrogen-bond donors (Lipinski definition) is 1. The van der Waals surface area contributed by atoms with Gasteiger partial charge in [0.1, 0.15) is 6.54 Å². The van der Waals surface area contributed by atoms with E-state index in [2.05, 4.69) is 26.3 Å². The molecule has 124 valence electrons. The lowest BCUT2D eigenvalue weighted by molar-refractivity contribution is -0.142. The van der Waals surface area contributed by atoms with E-state index in [1.165, 1.54) is 6.92 Å². The van der Waals surface area contributed by atoms with Crippen molar-refractivity contribution < 1.29 is 18.0 Å². The number of carbonyl (C=O) groups excluding carboxylic acids is 1. The molecule has 0 spiro atoms. The molecule has 1 aromatic heterocycles. The Bertz CT molecular complexity index is 758. The fraction of sp³-hybridized carbons (Fsp3) is 0.286. The first-order chi connectivity index (χ1) is 10.6. The molecule has 0 saturated heterocycles. The van der Waals surface area contributed by atoms with Gasteiger partial charge in [0.05, 0.1) is 10.2 Å². The van der Waals surface area contributed by atoms with E-state index in [1.807, 2.05) is 0 Å². The quantitative estimate of drug-likeness (QED) is 0.805. The summed E-state index contributed by atoms with van der Waals surface area (Å²) in [4.78, 5) is 12.1. The van der Waals surface area contributed by atoms with E-state index in [-0.39, 0.29) is 16.7 Å². The first kappa shape index (κ1) is 17.8. The lowest BCUT2D eigenvalue weighted by atomic mass is 10.2. The SMILES string of the molecule is Cc1c(Cl)cccc1NC(=O)Cn1nc(C(F)(F)F)c(Br)c1C. The van der Waals surface area contributed by atoms with Gasteiger partial charge in [0.25, 0.3) is 0 Å². The zero-order valence-electron chi connectivity index (χ0n) is 12.1. The van der Waals surface area contributed by atoms with Crippen molar-refractivity contribution in [2.75, 3.05) is 5.32 Å². The Morgan fingerprint density at radius 3 is 2.61 bits per heavy atom. The number of benzene rings is 1. The molecule has 4 nitrogen and oxygen atoms in total. The average molecular weight is 411 g/mol. The summed E-state index contributed by atoms with van der Waals surface area (Å²) in [5.41, 5.74) is 0.344. The Morgan fingerprint density at radius 2 is 2.04 bits per heavy atom. The monoisotopic (exact) mass is 409 g/mol. The molecular formula is C14H12BrClF3N3O. The lowest BCUT2D eigenvalue weighted by Gasteiger charge is -2.10. The number of nitrogens with one attached hydrogen (secondary N) is 1. The summed E-state index contributed by atoms with van der Waals surface area (Å²) in [6.45, 7) is 2.84. The van der Waals surface area contributed by atoms with Gasteiger partial charge in [-0.2, -0.15) is 18.3 Å². The van der Waals surface area contributed by atoms with Crippen LogP contribution in [0.4, 0.5) is 18.9 Å². The van der Waals surface area contributed by atoms with Gasteiger partial charge in [-0.15, -0.1) is 0 Å². The molecule has 0 atom stereocenters. The average Bonchev–Trinajstić information content (AvgIpc) is 2.72. The van der Waals surface area contributed by atoms with Crippen LogP contribution in [0.3, 0.4) is 0 Å². The molecule has 1 N–H and O–H groups in total. The summed E-state index contributed by atoms with van der Waals surface area (Å²) >= 11 is 8.82. The lowest BCUT2D eigenvalue weighted by Crippen LogP contribution is -2.21.